The van der Waals surface area contributed by atoms with E-state index in [0.29, 0.717) is 23.2 Å². The lowest BCUT2D eigenvalue weighted by atomic mass is 9.73. The van der Waals surface area contributed by atoms with Gasteiger partial charge in [0.2, 0.25) is 5.60 Å². The zero-order chi connectivity index (χ0) is 30.6. The average Bonchev–Trinajstić information content (AvgIpc) is 3.67. The molecule has 0 aliphatic carbocycles. The van der Waals surface area contributed by atoms with Crippen LogP contribution in [0.15, 0.2) is 84.9 Å². The number of aliphatic hydroxyl groups is 2. The molecule has 10 heteroatoms. The number of rotatable bonds is 9. The summed E-state index contributed by atoms with van der Waals surface area (Å²) in [7, 11) is 0. The van der Waals surface area contributed by atoms with Crippen LogP contribution in [0.4, 0.5) is 10.1 Å². The van der Waals surface area contributed by atoms with Crippen molar-refractivity contribution in [1.82, 2.24) is 4.90 Å². The summed E-state index contributed by atoms with van der Waals surface area (Å²) in [5.74, 6) is -2.75. The predicted octanol–water partition coefficient (Wildman–Crippen LogP) is 3.96. The molecule has 4 N–H and O–H groups in total. The number of amides is 1. The number of morpholine rings is 1. The quantitative estimate of drug-likeness (QED) is 0.276. The molecule has 6 rings (SSSR count). The van der Waals surface area contributed by atoms with Gasteiger partial charge in [0, 0.05) is 24.2 Å². The van der Waals surface area contributed by atoms with Gasteiger partial charge in [-0.15, -0.1) is 0 Å². The van der Waals surface area contributed by atoms with Crippen LogP contribution in [0, 0.1) is 11.7 Å². The van der Waals surface area contributed by atoms with Crippen LogP contribution in [-0.4, -0.2) is 62.2 Å². The number of carbonyl (C=O) groups is 2. The van der Waals surface area contributed by atoms with Gasteiger partial charge in [-0.25, -0.2) is 9.29 Å². The molecule has 6 atom stereocenters. The number of hydrogen-bond acceptors (Lipinski definition) is 7. The number of aliphatic hydroxyl groups excluding tert-OH is 1. The number of halogens is 1. The van der Waals surface area contributed by atoms with Crippen LogP contribution < -0.4 is 5.32 Å². The van der Waals surface area contributed by atoms with Gasteiger partial charge in [0.05, 0.1) is 18.6 Å². The first kappa shape index (κ1) is 29.4. The molecule has 3 aromatic rings. The van der Waals surface area contributed by atoms with Crippen molar-refractivity contribution in [2.24, 2.45) is 5.92 Å². The highest BCUT2D eigenvalue weighted by atomic mass is 19.1. The van der Waals surface area contributed by atoms with E-state index in [2.05, 4.69) is 5.32 Å². The molecule has 3 heterocycles. The molecule has 9 nitrogen and oxygen atoms in total. The third-order valence-electron chi connectivity index (χ3n) is 9.08. The molecule has 0 radical (unpaired) electrons. The van der Waals surface area contributed by atoms with Gasteiger partial charge < -0.3 is 30.1 Å². The van der Waals surface area contributed by atoms with E-state index in [4.69, 9.17) is 9.47 Å². The first-order chi connectivity index (χ1) is 20.5. The molecule has 3 saturated heterocycles. The van der Waals surface area contributed by atoms with E-state index in [9.17, 15) is 29.3 Å². The molecular formula is C33H35FN2O7. The summed E-state index contributed by atoms with van der Waals surface area (Å²) in [6.07, 6.45) is -2.01. The van der Waals surface area contributed by atoms with Crippen LogP contribution in [0.25, 0.3) is 0 Å². The van der Waals surface area contributed by atoms with E-state index in [1.807, 2.05) is 12.1 Å². The summed E-state index contributed by atoms with van der Waals surface area (Å²) in [5, 5.41) is 35.7. The zero-order valence-corrected chi connectivity index (χ0v) is 23.9. The Morgan fingerprint density at radius 3 is 2.23 bits per heavy atom. The van der Waals surface area contributed by atoms with E-state index < -0.39 is 64.9 Å². The number of carboxylic acids is 1. The Morgan fingerprint density at radius 2 is 1.63 bits per heavy atom. The smallest absolute Gasteiger partial charge is 0.305 e. The number of fused-ring (bicyclic) bond motifs is 3. The minimum Gasteiger partial charge on any atom is -0.481 e. The fraction of sp³-hybridized carbons (Fsp3) is 0.394. The van der Waals surface area contributed by atoms with Gasteiger partial charge in [-0.2, -0.15) is 0 Å². The van der Waals surface area contributed by atoms with Gasteiger partial charge in [0.1, 0.15) is 5.82 Å². The second kappa shape index (κ2) is 10.5. The maximum absolute atomic E-state index is 14.6. The number of benzene rings is 3. The molecule has 0 aromatic heterocycles. The molecule has 0 saturated carbocycles. The molecular weight excluding hydrogens is 555 g/mol. The maximum Gasteiger partial charge on any atom is 0.305 e. The molecule has 3 aromatic carbocycles. The number of nitrogens with one attached hydrogen (secondary N) is 1. The normalized spacial score (nSPS) is 32.1. The van der Waals surface area contributed by atoms with E-state index in [0.717, 1.165) is 0 Å². The Balaban J connectivity index is 1.59. The number of aliphatic carboxylic acids is 1. The predicted molar refractivity (Wildman–Crippen MR) is 154 cm³/mol. The topological polar surface area (TPSA) is 132 Å². The standard InChI is InChI=1S/C33H35FN2O7/c1-21(2)32(41)31(29(40)35-25-11-7-4-8-12-25)30(43-31,22-9-5-3-6-10-22)33(23-13-15-24(34)16-14-23)36(32)18-17-27(42-33)19-26(37)20-28(38)39/h3-16,21,26-27,37,41H,17-20H2,1-2H3,(H,35,40)(H,38,39)/t26-,27+,30+,31+,32+,33+/m0/s1. The number of nitrogens with zero attached hydrogens (tertiary/aromatic N) is 1. The number of epoxide rings is 1. The molecule has 43 heavy (non-hydrogen) atoms. The Morgan fingerprint density at radius 1 is 1.00 bits per heavy atom. The zero-order valence-electron chi connectivity index (χ0n) is 23.9. The van der Waals surface area contributed by atoms with Crippen LogP contribution in [0.1, 0.15) is 44.2 Å². The molecule has 3 aliphatic heterocycles. The molecule has 3 aliphatic rings. The van der Waals surface area contributed by atoms with Gasteiger partial charge in [0.25, 0.3) is 5.91 Å². The van der Waals surface area contributed by atoms with Crippen molar-refractivity contribution in [2.75, 3.05) is 11.9 Å². The molecule has 0 spiro atoms. The van der Waals surface area contributed by atoms with E-state index >= 15 is 0 Å². The molecule has 0 bridgehead atoms. The summed E-state index contributed by atoms with van der Waals surface area (Å²) >= 11 is 0. The van der Waals surface area contributed by atoms with Crippen LogP contribution in [0.2, 0.25) is 0 Å². The minimum absolute atomic E-state index is 0.00271. The lowest BCUT2D eigenvalue weighted by Crippen LogP contribution is -2.68. The summed E-state index contributed by atoms with van der Waals surface area (Å²) in [6, 6.07) is 23.6. The van der Waals surface area contributed by atoms with Crippen molar-refractivity contribution in [3.05, 3.63) is 102 Å². The lowest BCUT2D eigenvalue weighted by molar-refractivity contribution is -0.326. The van der Waals surface area contributed by atoms with Crippen molar-refractivity contribution in [2.45, 2.75) is 68.0 Å². The van der Waals surface area contributed by atoms with Crippen LogP contribution >= 0.6 is 0 Å². The fourth-order valence-electron chi connectivity index (χ4n) is 7.33. The van der Waals surface area contributed by atoms with Crippen molar-refractivity contribution in [3.8, 4) is 0 Å². The first-order valence-electron chi connectivity index (χ1n) is 14.5. The van der Waals surface area contributed by atoms with Gasteiger partial charge in [-0.3, -0.25) is 9.59 Å². The number of para-hydroxylation sites is 1. The van der Waals surface area contributed by atoms with Gasteiger partial charge >= 0.3 is 5.97 Å². The van der Waals surface area contributed by atoms with E-state index in [1.165, 1.54) is 12.1 Å². The SMILES string of the molecule is CC(C)[C@]1(O)N2CC[C@H](C[C@H](O)CC(=O)O)O[C@]2(c2ccc(F)cc2)[C@]2(c3ccccc3)O[C@]21C(=O)Nc1ccccc1. The number of carbonyl (C=O) groups excluding carboxylic acids is 1. The van der Waals surface area contributed by atoms with Gasteiger partial charge in [-0.1, -0.05) is 74.5 Å². The Hall–Kier alpha value is -3.67. The second-order valence-corrected chi connectivity index (χ2v) is 11.8. The number of hydrogen-bond donors (Lipinski definition) is 4. The minimum atomic E-state index is -1.92. The fourth-order valence-corrected chi connectivity index (χ4v) is 7.33. The third-order valence-corrected chi connectivity index (χ3v) is 9.08. The number of carboxylic acid groups (broad SMARTS) is 1. The highest BCUT2D eigenvalue weighted by molar-refractivity contribution is 6.03. The average molecular weight is 591 g/mol. The van der Waals surface area contributed by atoms with E-state index in [-0.39, 0.29) is 13.0 Å². The Bertz CT molecular complexity index is 1510. The summed E-state index contributed by atoms with van der Waals surface area (Å²) in [4.78, 5) is 27.7. The second-order valence-electron chi connectivity index (χ2n) is 11.8. The molecule has 3 fully saturated rings. The molecule has 0 unspecified atom stereocenters. The lowest BCUT2D eigenvalue weighted by Gasteiger charge is -2.54. The van der Waals surface area contributed by atoms with Crippen molar-refractivity contribution in [3.63, 3.8) is 0 Å². The summed E-state index contributed by atoms with van der Waals surface area (Å²) < 4.78 is 28.0. The van der Waals surface area contributed by atoms with Crippen molar-refractivity contribution < 1.29 is 38.8 Å². The number of anilines is 1. The third kappa shape index (κ3) is 4.08. The van der Waals surface area contributed by atoms with Gasteiger partial charge in [0.15, 0.2) is 17.1 Å². The maximum atomic E-state index is 14.6. The number of ether oxygens (including phenoxy) is 2. The molecule has 1 amide bonds. The van der Waals surface area contributed by atoms with Crippen LogP contribution in [0.5, 0.6) is 0 Å². The molecule has 226 valence electrons. The highest BCUT2D eigenvalue weighted by Crippen LogP contribution is 2.79. The van der Waals surface area contributed by atoms with Gasteiger partial charge in [-0.05, 0) is 42.2 Å². The van der Waals surface area contributed by atoms with Crippen molar-refractivity contribution in [1.29, 1.82) is 0 Å². The largest absolute Gasteiger partial charge is 0.481 e. The van der Waals surface area contributed by atoms with Crippen LogP contribution in [0.3, 0.4) is 0 Å². The summed E-state index contributed by atoms with van der Waals surface area (Å²) in [6.45, 7) is 3.83. The highest BCUT2D eigenvalue weighted by Gasteiger charge is 2.99. The monoisotopic (exact) mass is 590 g/mol. The Labute approximate surface area is 248 Å². The van der Waals surface area contributed by atoms with E-state index in [1.54, 1.807) is 79.4 Å². The van der Waals surface area contributed by atoms with Crippen LogP contribution in [-0.2, 0) is 30.4 Å². The summed E-state index contributed by atoms with van der Waals surface area (Å²) in [5.41, 5.74) is -5.55. The van der Waals surface area contributed by atoms with Crippen molar-refractivity contribution >= 4 is 17.6 Å². The Kier molecular flexibility index (Phi) is 7.18. The first-order valence-corrected chi connectivity index (χ1v) is 14.5.